The minimum absolute atomic E-state index is 0.0340. The molecule has 3 atom stereocenters. The fraction of sp³-hybridized carbons (Fsp3) is 0.500. The van der Waals surface area contributed by atoms with Crippen LogP contribution in [-0.4, -0.2) is 31.3 Å². The highest BCUT2D eigenvalue weighted by atomic mass is 16.6. The normalized spacial score (nSPS) is 28.0. The number of carbonyl (C=O) groups is 2. The first-order chi connectivity index (χ1) is 10.2. The lowest BCUT2D eigenvalue weighted by Crippen LogP contribution is -2.32. The highest BCUT2D eigenvalue weighted by Crippen LogP contribution is 2.38. The first-order valence-electron chi connectivity index (χ1n) is 7.37. The van der Waals surface area contributed by atoms with Gasteiger partial charge in [-0.1, -0.05) is 30.3 Å². The molecule has 2 aliphatic rings. The third-order valence-corrected chi connectivity index (χ3v) is 4.20. The van der Waals surface area contributed by atoms with Crippen molar-refractivity contribution in [2.75, 3.05) is 13.2 Å². The number of ether oxygens (including phenoxy) is 2. The van der Waals surface area contributed by atoms with Crippen LogP contribution in [0.1, 0.15) is 30.7 Å². The van der Waals surface area contributed by atoms with Gasteiger partial charge in [-0.15, -0.1) is 0 Å². The maximum atomic E-state index is 12.1. The second kappa shape index (κ2) is 6.16. The van der Waals surface area contributed by atoms with Crippen molar-refractivity contribution in [1.29, 1.82) is 0 Å². The lowest BCUT2D eigenvalue weighted by atomic mass is 9.96. The molecule has 0 radical (unpaired) electrons. The summed E-state index contributed by atoms with van der Waals surface area (Å²) in [6, 6.07) is 10.1. The number of alkyl carbamates (subject to hydrolysis) is 1. The van der Waals surface area contributed by atoms with Gasteiger partial charge < -0.3 is 14.8 Å². The average molecular weight is 289 g/mol. The SMILES string of the molecule is O=C1NC(COC(=O)[C@@H]2CC[C@@H](c3ccccc3)C2)CO1. The fourth-order valence-electron chi connectivity index (χ4n) is 3.04. The minimum Gasteiger partial charge on any atom is -0.463 e. The van der Waals surface area contributed by atoms with Crippen LogP contribution < -0.4 is 5.32 Å². The largest absolute Gasteiger partial charge is 0.463 e. The molecule has 5 nitrogen and oxygen atoms in total. The van der Waals surface area contributed by atoms with E-state index in [0.29, 0.717) is 5.92 Å². The molecule has 1 unspecified atom stereocenters. The molecule has 1 aromatic rings. The Bertz CT molecular complexity index is 516. The van der Waals surface area contributed by atoms with Gasteiger partial charge in [-0.3, -0.25) is 4.79 Å². The van der Waals surface area contributed by atoms with E-state index in [4.69, 9.17) is 9.47 Å². The van der Waals surface area contributed by atoms with E-state index in [1.165, 1.54) is 5.56 Å². The zero-order chi connectivity index (χ0) is 14.7. The van der Waals surface area contributed by atoms with Crippen LogP contribution in [0, 0.1) is 5.92 Å². The van der Waals surface area contributed by atoms with Gasteiger partial charge in [-0.2, -0.15) is 0 Å². The van der Waals surface area contributed by atoms with E-state index in [0.717, 1.165) is 19.3 Å². The van der Waals surface area contributed by atoms with Crippen LogP contribution in [0.2, 0.25) is 0 Å². The van der Waals surface area contributed by atoms with Crippen LogP contribution >= 0.6 is 0 Å². The number of cyclic esters (lactones) is 1. The quantitative estimate of drug-likeness (QED) is 0.863. The first-order valence-corrected chi connectivity index (χ1v) is 7.37. The number of hydrogen-bond donors (Lipinski definition) is 1. The Balaban J connectivity index is 1.47. The molecule has 2 fully saturated rings. The molecule has 1 N–H and O–H groups in total. The van der Waals surface area contributed by atoms with Crippen LogP contribution in [0.4, 0.5) is 4.79 Å². The second-order valence-electron chi connectivity index (χ2n) is 5.69. The van der Waals surface area contributed by atoms with Gasteiger partial charge in [-0.25, -0.2) is 4.79 Å². The number of carbonyl (C=O) groups excluding carboxylic acids is 2. The van der Waals surface area contributed by atoms with Crippen molar-refractivity contribution in [3.63, 3.8) is 0 Å². The Kier molecular flexibility index (Phi) is 4.08. The summed E-state index contributed by atoms with van der Waals surface area (Å²) in [5.41, 5.74) is 1.30. The van der Waals surface area contributed by atoms with E-state index >= 15 is 0 Å². The smallest absolute Gasteiger partial charge is 0.407 e. The molecule has 112 valence electrons. The van der Waals surface area contributed by atoms with E-state index in [-0.39, 0.29) is 31.1 Å². The predicted octanol–water partition coefficient (Wildman–Crippen LogP) is 2.22. The maximum Gasteiger partial charge on any atom is 0.407 e. The molecular formula is C16H19NO4. The lowest BCUT2D eigenvalue weighted by Gasteiger charge is -2.13. The van der Waals surface area contributed by atoms with Gasteiger partial charge in [0.15, 0.2) is 0 Å². The van der Waals surface area contributed by atoms with Gasteiger partial charge in [0.1, 0.15) is 19.3 Å². The molecule has 1 heterocycles. The van der Waals surface area contributed by atoms with Crippen molar-refractivity contribution in [1.82, 2.24) is 5.32 Å². The summed E-state index contributed by atoms with van der Waals surface area (Å²) < 4.78 is 10.1. The number of nitrogens with one attached hydrogen (secondary N) is 1. The molecule has 1 amide bonds. The van der Waals surface area contributed by atoms with Gasteiger partial charge in [0.05, 0.1) is 5.92 Å². The molecule has 1 aliphatic carbocycles. The van der Waals surface area contributed by atoms with Crippen molar-refractivity contribution in [3.05, 3.63) is 35.9 Å². The highest BCUT2D eigenvalue weighted by Gasteiger charge is 2.32. The van der Waals surface area contributed by atoms with Crippen LogP contribution in [0.25, 0.3) is 0 Å². The predicted molar refractivity (Wildman–Crippen MR) is 75.8 cm³/mol. The van der Waals surface area contributed by atoms with Crippen LogP contribution in [0.15, 0.2) is 30.3 Å². The lowest BCUT2D eigenvalue weighted by molar-refractivity contribution is -0.149. The molecule has 1 saturated heterocycles. The van der Waals surface area contributed by atoms with E-state index < -0.39 is 6.09 Å². The Labute approximate surface area is 123 Å². The van der Waals surface area contributed by atoms with Gasteiger partial charge >= 0.3 is 12.1 Å². The van der Waals surface area contributed by atoms with Crippen molar-refractivity contribution in [2.24, 2.45) is 5.92 Å². The number of amides is 1. The molecule has 0 spiro atoms. The van der Waals surface area contributed by atoms with E-state index in [9.17, 15) is 9.59 Å². The van der Waals surface area contributed by atoms with E-state index in [1.807, 2.05) is 18.2 Å². The van der Waals surface area contributed by atoms with Gasteiger partial charge in [0.25, 0.3) is 0 Å². The van der Waals surface area contributed by atoms with Crippen LogP contribution in [0.3, 0.4) is 0 Å². The summed E-state index contributed by atoms with van der Waals surface area (Å²) in [4.78, 5) is 23.0. The summed E-state index contributed by atoms with van der Waals surface area (Å²) in [5, 5.41) is 2.60. The Hall–Kier alpha value is -2.04. The summed E-state index contributed by atoms with van der Waals surface area (Å²) in [5.74, 6) is 0.251. The van der Waals surface area contributed by atoms with Gasteiger partial charge in [0.2, 0.25) is 0 Å². The summed E-state index contributed by atoms with van der Waals surface area (Å²) in [6.45, 7) is 0.459. The van der Waals surface area contributed by atoms with Gasteiger partial charge in [-0.05, 0) is 30.7 Å². The maximum absolute atomic E-state index is 12.1. The molecule has 21 heavy (non-hydrogen) atoms. The topological polar surface area (TPSA) is 64.6 Å². The van der Waals surface area contributed by atoms with E-state index in [2.05, 4.69) is 17.4 Å². The zero-order valence-electron chi connectivity index (χ0n) is 11.8. The van der Waals surface area contributed by atoms with Crippen molar-refractivity contribution >= 4 is 12.1 Å². The number of esters is 1. The average Bonchev–Trinajstić information content (AvgIpc) is 3.15. The standard InChI is InChI=1S/C16H19NO4/c18-15(20-9-14-10-21-16(19)17-14)13-7-6-12(8-13)11-4-2-1-3-5-11/h1-5,12-14H,6-10H2,(H,17,19)/t12-,13-,14?/m1/s1. The molecule has 1 saturated carbocycles. The first kappa shape index (κ1) is 13.9. The number of benzene rings is 1. The minimum atomic E-state index is -0.443. The number of rotatable bonds is 4. The Morgan fingerprint density at radius 1 is 1.29 bits per heavy atom. The summed E-state index contributed by atoms with van der Waals surface area (Å²) in [7, 11) is 0. The highest BCUT2D eigenvalue weighted by molar-refractivity contribution is 5.73. The molecule has 3 rings (SSSR count). The molecule has 0 aromatic heterocycles. The van der Waals surface area contributed by atoms with Crippen molar-refractivity contribution in [3.8, 4) is 0 Å². The van der Waals surface area contributed by atoms with Crippen LogP contribution in [0.5, 0.6) is 0 Å². The zero-order valence-corrected chi connectivity index (χ0v) is 11.8. The monoisotopic (exact) mass is 289 g/mol. The third-order valence-electron chi connectivity index (χ3n) is 4.20. The molecule has 1 aromatic carbocycles. The van der Waals surface area contributed by atoms with Crippen molar-refractivity contribution in [2.45, 2.75) is 31.2 Å². The Morgan fingerprint density at radius 3 is 2.81 bits per heavy atom. The van der Waals surface area contributed by atoms with Crippen LogP contribution in [-0.2, 0) is 14.3 Å². The summed E-state index contributed by atoms with van der Waals surface area (Å²) in [6.07, 6.45) is 2.29. The fourth-order valence-corrected chi connectivity index (χ4v) is 3.04. The summed E-state index contributed by atoms with van der Waals surface area (Å²) >= 11 is 0. The number of hydrogen-bond acceptors (Lipinski definition) is 4. The molecule has 0 bridgehead atoms. The molecule has 5 heteroatoms. The van der Waals surface area contributed by atoms with E-state index in [1.54, 1.807) is 0 Å². The third kappa shape index (κ3) is 3.35. The molecular weight excluding hydrogens is 270 g/mol. The van der Waals surface area contributed by atoms with Gasteiger partial charge in [0, 0.05) is 0 Å². The Morgan fingerprint density at radius 2 is 2.10 bits per heavy atom. The van der Waals surface area contributed by atoms with Crippen molar-refractivity contribution < 1.29 is 19.1 Å². The molecule has 1 aliphatic heterocycles. The second-order valence-corrected chi connectivity index (χ2v) is 5.69.